The number of amides is 2. The smallest absolute Gasteiger partial charge is 0.262 e. The van der Waals surface area contributed by atoms with Gasteiger partial charge in [-0.05, 0) is 37.0 Å². The molecule has 6 nitrogen and oxygen atoms in total. The molecule has 2 aliphatic heterocycles. The lowest BCUT2D eigenvalue weighted by atomic mass is 9.92. The van der Waals surface area contributed by atoms with E-state index in [0.29, 0.717) is 17.0 Å². The van der Waals surface area contributed by atoms with Gasteiger partial charge in [0.05, 0.1) is 23.6 Å². The van der Waals surface area contributed by atoms with Gasteiger partial charge in [-0.2, -0.15) is 0 Å². The van der Waals surface area contributed by atoms with E-state index in [1.807, 2.05) is 6.07 Å². The molecule has 0 spiro atoms. The van der Waals surface area contributed by atoms with Crippen LogP contribution in [0.1, 0.15) is 53.3 Å². The van der Waals surface area contributed by atoms with Gasteiger partial charge in [0.2, 0.25) is 0 Å². The molecule has 0 radical (unpaired) electrons. The van der Waals surface area contributed by atoms with Crippen LogP contribution in [-0.2, 0) is 9.59 Å². The zero-order chi connectivity index (χ0) is 17.7. The first kappa shape index (κ1) is 16.0. The predicted octanol–water partition coefficient (Wildman–Crippen LogP) is 1.82. The SMILES string of the molecule is CCC1CN(c2ccc3c(c2)C(=O)N(C2CCC(=O)CC2=O)C3=O)C1. The lowest BCUT2D eigenvalue weighted by Gasteiger charge is -2.40. The maximum atomic E-state index is 12.8. The normalized spacial score (nSPS) is 24.0. The van der Waals surface area contributed by atoms with Gasteiger partial charge >= 0.3 is 0 Å². The van der Waals surface area contributed by atoms with E-state index in [2.05, 4.69) is 11.8 Å². The van der Waals surface area contributed by atoms with Crippen molar-refractivity contribution in [2.75, 3.05) is 18.0 Å². The minimum atomic E-state index is -0.804. The summed E-state index contributed by atoms with van der Waals surface area (Å²) in [5, 5.41) is 0. The average molecular weight is 340 g/mol. The van der Waals surface area contributed by atoms with Gasteiger partial charge in [0.15, 0.2) is 5.78 Å². The first-order chi connectivity index (χ1) is 12.0. The molecule has 3 aliphatic rings. The molecule has 0 N–H and O–H groups in total. The molecule has 1 saturated heterocycles. The molecule has 2 fully saturated rings. The third-order valence-electron chi connectivity index (χ3n) is 5.55. The lowest BCUT2D eigenvalue weighted by Crippen LogP contribution is -2.47. The van der Waals surface area contributed by atoms with Crippen molar-refractivity contribution in [2.45, 2.75) is 38.6 Å². The van der Waals surface area contributed by atoms with Crippen LogP contribution in [0.2, 0.25) is 0 Å². The zero-order valence-electron chi connectivity index (χ0n) is 14.2. The van der Waals surface area contributed by atoms with Crippen LogP contribution < -0.4 is 4.90 Å². The topological polar surface area (TPSA) is 74.8 Å². The number of carbonyl (C=O) groups excluding carboxylic acids is 4. The van der Waals surface area contributed by atoms with Crippen LogP contribution in [0.25, 0.3) is 0 Å². The number of hydrogen-bond acceptors (Lipinski definition) is 5. The number of carbonyl (C=O) groups is 4. The number of fused-ring (bicyclic) bond motifs is 1. The summed E-state index contributed by atoms with van der Waals surface area (Å²) in [6.07, 6.45) is 1.42. The Morgan fingerprint density at radius 3 is 2.44 bits per heavy atom. The highest BCUT2D eigenvalue weighted by Gasteiger charge is 2.44. The number of Topliss-reactive ketones (excluding diaryl/α,β-unsaturated/α-hetero) is 2. The molecule has 1 aliphatic carbocycles. The number of rotatable bonds is 3. The second-order valence-electron chi connectivity index (χ2n) is 7.13. The number of nitrogens with zero attached hydrogens (tertiary/aromatic N) is 2. The van der Waals surface area contributed by atoms with Crippen molar-refractivity contribution in [3.05, 3.63) is 29.3 Å². The van der Waals surface area contributed by atoms with Crippen LogP contribution in [0.4, 0.5) is 5.69 Å². The molecule has 0 aromatic heterocycles. The minimum Gasteiger partial charge on any atom is -0.371 e. The fraction of sp³-hybridized carbons (Fsp3) is 0.474. The number of ketones is 2. The molecule has 130 valence electrons. The Labute approximate surface area is 145 Å². The standard InChI is InChI=1S/C19H20N2O4/c1-2-11-9-20(10-11)12-3-5-14-15(7-12)19(25)21(18(14)24)16-6-4-13(22)8-17(16)23/h3,5,7,11,16H,2,4,6,8-10H2,1H3. The predicted molar refractivity (Wildman–Crippen MR) is 90.6 cm³/mol. The molecular formula is C19H20N2O4. The second-order valence-corrected chi connectivity index (χ2v) is 7.13. The summed E-state index contributed by atoms with van der Waals surface area (Å²) in [7, 11) is 0. The van der Waals surface area contributed by atoms with E-state index in [9.17, 15) is 19.2 Å². The lowest BCUT2D eigenvalue weighted by molar-refractivity contribution is -0.132. The summed E-state index contributed by atoms with van der Waals surface area (Å²) in [6, 6.07) is 4.51. The van der Waals surface area contributed by atoms with Gasteiger partial charge < -0.3 is 4.90 Å². The minimum absolute atomic E-state index is 0.122. The molecule has 0 bridgehead atoms. The van der Waals surface area contributed by atoms with E-state index in [-0.39, 0.29) is 30.8 Å². The Balaban J connectivity index is 1.59. The first-order valence-corrected chi connectivity index (χ1v) is 8.81. The summed E-state index contributed by atoms with van der Waals surface area (Å²) in [6.45, 7) is 4.09. The molecule has 2 amide bonds. The highest BCUT2D eigenvalue weighted by atomic mass is 16.2. The van der Waals surface area contributed by atoms with Crippen LogP contribution in [0, 0.1) is 5.92 Å². The van der Waals surface area contributed by atoms with Gasteiger partial charge in [0, 0.05) is 25.2 Å². The fourth-order valence-corrected chi connectivity index (χ4v) is 3.90. The quantitative estimate of drug-likeness (QED) is 0.620. The van der Waals surface area contributed by atoms with Crippen LogP contribution in [0.3, 0.4) is 0 Å². The Bertz CT molecular complexity index is 795. The number of anilines is 1. The van der Waals surface area contributed by atoms with Crippen molar-refractivity contribution >= 4 is 29.1 Å². The first-order valence-electron chi connectivity index (χ1n) is 8.81. The van der Waals surface area contributed by atoms with Gasteiger partial charge in [-0.1, -0.05) is 6.92 Å². The van der Waals surface area contributed by atoms with Gasteiger partial charge in [0.1, 0.15) is 5.78 Å². The summed E-state index contributed by atoms with van der Waals surface area (Å²) >= 11 is 0. The highest BCUT2D eigenvalue weighted by molar-refractivity contribution is 6.24. The maximum absolute atomic E-state index is 12.8. The molecule has 4 rings (SSSR count). The molecular weight excluding hydrogens is 320 g/mol. The third-order valence-corrected chi connectivity index (χ3v) is 5.55. The van der Waals surface area contributed by atoms with Crippen molar-refractivity contribution < 1.29 is 19.2 Å². The summed E-state index contributed by atoms with van der Waals surface area (Å²) in [5.74, 6) is -0.612. The summed E-state index contributed by atoms with van der Waals surface area (Å²) < 4.78 is 0. The van der Waals surface area contributed by atoms with Crippen molar-refractivity contribution in [3.8, 4) is 0 Å². The molecule has 6 heteroatoms. The van der Waals surface area contributed by atoms with E-state index in [4.69, 9.17) is 0 Å². The largest absolute Gasteiger partial charge is 0.371 e. The molecule has 1 atom stereocenters. The molecule has 1 aromatic rings. The Hall–Kier alpha value is -2.50. The molecule has 2 heterocycles. The van der Waals surface area contributed by atoms with Crippen molar-refractivity contribution in [2.24, 2.45) is 5.92 Å². The van der Waals surface area contributed by atoms with Gasteiger partial charge in [-0.15, -0.1) is 0 Å². The number of benzene rings is 1. The van der Waals surface area contributed by atoms with Gasteiger partial charge in [-0.3, -0.25) is 24.1 Å². The Morgan fingerprint density at radius 1 is 1.04 bits per heavy atom. The van der Waals surface area contributed by atoms with E-state index in [0.717, 1.165) is 30.1 Å². The molecule has 1 unspecified atom stereocenters. The Kier molecular flexibility index (Phi) is 3.71. The van der Waals surface area contributed by atoms with Crippen LogP contribution in [0.5, 0.6) is 0 Å². The van der Waals surface area contributed by atoms with E-state index in [1.54, 1.807) is 12.1 Å². The van der Waals surface area contributed by atoms with E-state index in [1.165, 1.54) is 0 Å². The van der Waals surface area contributed by atoms with Gasteiger partial charge in [-0.25, -0.2) is 0 Å². The fourth-order valence-electron chi connectivity index (χ4n) is 3.90. The van der Waals surface area contributed by atoms with E-state index >= 15 is 0 Å². The van der Waals surface area contributed by atoms with Crippen LogP contribution in [0.15, 0.2) is 18.2 Å². The zero-order valence-corrected chi connectivity index (χ0v) is 14.2. The molecule has 1 aromatic carbocycles. The molecule has 25 heavy (non-hydrogen) atoms. The summed E-state index contributed by atoms with van der Waals surface area (Å²) in [5.41, 5.74) is 1.66. The van der Waals surface area contributed by atoms with Crippen molar-refractivity contribution in [3.63, 3.8) is 0 Å². The average Bonchev–Trinajstić information content (AvgIpc) is 2.78. The molecule has 1 saturated carbocycles. The van der Waals surface area contributed by atoms with Crippen LogP contribution in [-0.4, -0.2) is 47.4 Å². The van der Waals surface area contributed by atoms with Crippen molar-refractivity contribution in [1.29, 1.82) is 0 Å². The van der Waals surface area contributed by atoms with E-state index < -0.39 is 17.9 Å². The van der Waals surface area contributed by atoms with Crippen LogP contribution >= 0.6 is 0 Å². The number of imide groups is 1. The summed E-state index contributed by atoms with van der Waals surface area (Å²) in [4.78, 5) is 52.3. The third kappa shape index (κ3) is 2.47. The monoisotopic (exact) mass is 340 g/mol. The second kappa shape index (κ2) is 5.79. The highest BCUT2D eigenvalue weighted by Crippen LogP contribution is 2.33. The Morgan fingerprint density at radius 2 is 1.76 bits per heavy atom. The van der Waals surface area contributed by atoms with Gasteiger partial charge in [0.25, 0.3) is 11.8 Å². The maximum Gasteiger partial charge on any atom is 0.262 e. The number of hydrogen-bond donors (Lipinski definition) is 0. The van der Waals surface area contributed by atoms with Crippen molar-refractivity contribution in [1.82, 2.24) is 4.90 Å².